The second-order valence-electron chi connectivity index (χ2n) is 10.9. The van der Waals surface area contributed by atoms with Crippen LogP contribution in [-0.2, 0) is 9.59 Å². The minimum Gasteiger partial charge on any atom is -0.347 e. The van der Waals surface area contributed by atoms with Gasteiger partial charge in [-0.15, -0.1) is 0 Å². The highest BCUT2D eigenvalue weighted by Crippen LogP contribution is 2.39. The Balaban J connectivity index is 1.55. The van der Waals surface area contributed by atoms with E-state index in [1.165, 1.54) is 0 Å². The van der Waals surface area contributed by atoms with Gasteiger partial charge in [-0.25, -0.2) is 0 Å². The third-order valence-electron chi connectivity index (χ3n) is 7.29. The number of amides is 3. The summed E-state index contributed by atoms with van der Waals surface area (Å²) in [6.07, 6.45) is 2.72. The minimum absolute atomic E-state index is 0.0662. The van der Waals surface area contributed by atoms with Crippen molar-refractivity contribution in [3.8, 4) is 0 Å². The van der Waals surface area contributed by atoms with E-state index in [-0.39, 0.29) is 29.8 Å². The summed E-state index contributed by atoms with van der Waals surface area (Å²) in [6.45, 7) is 8.08. The Bertz CT molecular complexity index is 1090. The lowest BCUT2D eigenvalue weighted by Gasteiger charge is -2.37. The van der Waals surface area contributed by atoms with Crippen molar-refractivity contribution in [1.29, 1.82) is 0 Å². The molecule has 2 aliphatic rings. The van der Waals surface area contributed by atoms with Gasteiger partial charge in [-0.05, 0) is 54.4 Å². The Labute approximate surface area is 201 Å². The number of nitrogens with two attached hydrogens (primary N) is 1. The molecule has 5 atom stereocenters. The van der Waals surface area contributed by atoms with Gasteiger partial charge in [0, 0.05) is 18.2 Å². The molecule has 4 rings (SSSR count). The summed E-state index contributed by atoms with van der Waals surface area (Å²) in [6, 6.07) is 12.0. The monoisotopic (exact) mass is 464 g/mol. The van der Waals surface area contributed by atoms with Crippen molar-refractivity contribution in [2.45, 2.75) is 71.1 Å². The number of hydrogen-bond donors (Lipinski definition) is 3. The second-order valence-corrected chi connectivity index (χ2v) is 10.9. The van der Waals surface area contributed by atoms with Crippen LogP contribution in [0.5, 0.6) is 0 Å². The third-order valence-corrected chi connectivity index (χ3v) is 7.29. The molecule has 34 heavy (non-hydrogen) atoms. The van der Waals surface area contributed by atoms with Crippen molar-refractivity contribution >= 4 is 28.5 Å². The summed E-state index contributed by atoms with van der Waals surface area (Å²) in [5.74, 6) is -0.192. The molecule has 0 radical (unpaired) electrons. The lowest BCUT2D eigenvalue weighted by atomic mass is 9.85. The van der Waals surface area contributed by atoms with E-state index in [4.69, 9.17) is 5.73 Å². The van der Waals surface area contributed by atoms with Crippen LogP contribution in [-0.4, -0.2) is 53.3 Å². The van der Waals surface area contributed by atoms with Gasteiger partial charge in [0.2, 0.25) is 11.8 Å². The highest BCUT2D eigenvalue weighted by molar-refractivity contribution is 6.07. The standard InChI is InChI=1S/C27H36N4O3/c1-16(28)24(32)30-23(27(2,3)4)26(34)31-15-14-18-12-13-21(22(18)31)29-25(33)20-11-7-9-17-8-5-6-10-19(17)20/h5-11,16,18,21-23H,12-15,28H2,1-4H3,(H,29,33)(H,30,32)/t16-,18?,21?,22?,23+/m0/s1. The molecule has 1 saturated heterocycles. The normalized spacial score (nSPS) is 23.9. The summed E-state index contributed by atoms with van der Waals surface area (Å²) in [7, 11) is 0. The average molecular weight is 465 g/mol. The lowest BCUT2D eigenvalue weighted by molar-refractivity contribution is -0.140. The first-order valence-electron chi connectivity index (χ1n) is 12.2. The van der Waals surface area contributed by atoms with Crippen LogP contribution >= 0.6 is 0 Å². The maximum Gasteiger partial charge on any atom is 0.252 e. The lowest BCUT2D eigenvalue weighted by Crippen LogP contribution is -2.60. The fraction of sp³-hybridized carbons (Fsp3) is 0.519. The van der Waals surface area contributed by atoms with Gasteiger partial charge in [0.05, 0.1) is 12.1 Å². The molecule has 0 bridgehead atoms. The summed E-state index contributed by atoms with van der Waals surface area (Å²) in [4.78, 5) is 41.3. The van der Waals surface area contributed by atoms with E-state index in [0.717, 1.165) is 30.0 Å². The van der Waals surface area contributed by atoms with E-state index >= 15 is 0 Å². The zero-order valence-corrected chi connectivity index (χ0v) is 20.5. The molecule has 3 unspecified atom stereocenters. The number of nitrogens with one attached hydrogen (secondary N) is 2. The van der Waals surface area contributed by atoms with Gasteiger partial charge in [0.25, 0.3) is 5.91 Å². The molecule has 0 spiro atoms. The molecule has 182 valence electrons. The van der Waals surface area contributed by atoms with Gasteiger partial charge < -0.3 is 21.3 Å². The molecule has 7 nitrogen and oxygen atoms in total. The molecule has 7 heteroatoms. The van der Waals surface area contributed by atoms with E-state index in [2.05, 4.69) is 10.6 Å². The second kappa shape index (κ2) is 9.37. The number of rotatable bonds is 5. The maximum absolute atomic E-state index is 13.7. The first-order chi connectivity index (χ1) is 16.1. The van der Waals surface area contributed by atoms with Crippen molar-refractivity contribution in [3.05, 3.63) is 48.0 Å². The molecule has 0 aromatic heterocycles. The molecular weight excluding hydrogens is 428 g/mol. The van der Waals surface area contributed by atoms with Crippen LogP contribution in [0.1, 0.15) is 57.3 Å². The fourth-order valence-corrected chi connectivity index (χ4v) is 5.48. The van der Waals surface area contributed by atoms with Gasteiger partial charge in [0.1, 0.15) is 6.04 Å². The highest BCUT2D eigenvalue weighted by Gasteiger charge is 2.49. The predicted molar refractivity (Wildman–Crippen MR) is 133 cm³/mol. The van der Waals surface area contributed by atoms with E-state index in [1.807, 2.05) is 68.1 Å². The van der Waals surface area contributed by atoms with Gasteiger partial charge in [-0.2, -0.15) is 0 Å². The summed E-state index contributed by atoms with van der Waals surface area (Å²) >= 11 is 0. The van der Waals surface area contributed by atoms with E-state index in [9.17, 15) is 14.4 Å². The van der Waals surface area contributed by atoms with Crippen LogP contribution in [0.4, 0.5) is 0 Å². The summed E-state index contributed by atoms with van der Waals surface area (Å²) < 4.78 is 0. The van der Waals surface area contributed by atoms with Crippen LogP contribution in [0.25, 0.3) is 10.8 Å². The van der Waals surface area contributed by atoms with E-state index in [1.54, 1.807) is 6.92 Å². The molecular formula is C27H36N4O3. The number of nitrogens with zero attached hydrogens (tertiary/aromatic N) is 1. The van der Waals surface area contributed by atoms with Crippen molar-refractivity contribution in [2.75, 3.05) is 6.54 Å². The zero-order chi connectivity index (χ0) is 24.6. The van der Waals surface area contributed by atoms with Crippen LogP contribution in [0.2, 0.25) is 0 Å². The van der Waals surface area contributed by atoms with E-state index in [0.29, 0.717) is 18.0 Å². The van der Waals surface area contributed by atoms with Gasteiger partial charge in [-0.1, -0.05) is 57.2 Å². The number of carbonyl (C=O) groups excluding carboxylic acids is 3. The van der Waals surface area contributed by atoms with Crippen molar-refractivity contribution in [3.63, 3.8) is 0 Å². The Morgan fingerprint density at radius 3 is 2.44 bits per heavy atom. The summed E-state index contributed by atoms with van der Waals surface area (Å²) in [5, 5.41) is 8.05. The van der Waals surface area contributed by atoms with Gasteiger partial charge in [-0.3, -0.25) is 14.4 Å². The molecule has 2 aromatic rings. The molecule has 1 aliphatic heterocycles. The number of fused-ring (bicyclic) bond motifs is 2. The quantitative estimate of drug-likeness (QED) is 0.633. The average Bonchev–Trinajstić information content (AvgIpc) is 3.38. The zero-order valence-electron chi connectivity index (χ0n) is 20.5. The van der Waals surface area contributed by atoms with Crippen LogP contribution in [0.3, 0.4) is 0 Å². The maximum atomic E-state index is 13.7. The Morgan fingerprint density at radius 1 is 1.03 bits per heavy atom. The molecule has 1 aliphatic carbocycles. The molecule has 1 heterocycles. The van der Waals surface area contributed by atoms with Gasteiger partial charge in [0.15, 0.2) is 0 Å². The largest absolute Gasteiger partial charge is 0.347 e. The molecule has 1 saturated carbocycles. The SMILES string of the molecule is C[C@H](N)C(=O)N[C@H](C(=O)N1CCC2CCC(NC(=O)c3cccc4ccccc34)C21)C(C)(C)C. The topological polar surface area (TPSA) is 105 Å². The van der Waals surface area contributed by atoms with Gasteiger partial charge >= 0.3 is 0 Å². The minimum atomic E-state index is -0.691. The van der Waals surface area contributed by atoms with Crippen molar-refractivity contribution in [2.24, 2.45) is 17.1 Å². The smallest absolute Gasteiger partial charge is 0.252 e. The Kier molecular flexibility index (Phi) is 6.67. The number of hydrogen-bond acceptors (Lipinski definition) is 4. The fourth-order valence-electron chi connectivity index (χ4n) is 5.48. The number of likely N-dealkylation sites (tertiary alicyclic amines) is 1. The highest BCUT2D eigenvalue weighted by atomic mass is 16.2. The van der Waals surface area contributed by atoms with E-state index < -0.39 is 17.5 Å². The number of benzene rings is 2. The Morgan fingerprint density at radius 2 is 1.74 bits per heavy atom. The van der Waals surface area contributed by atoms with Crippen LogP contribution in [0, 0.1) is 11.3 Å². The third kappa shape index (κ3) is 4.67. The van der Waals surface area contributed by atoms with Crippen LogP contribution in [0.15, 0.2) is 42.5 Å². The molecule has 3 amide bonds. The predicted octanol–water partition coefficient (Wildman–Crippen LogP) is 2.83. The Hall–Kier alpha value is -2.93. The molecule has 2 fully saturated rings. The van der Waals surface area contributed by atoms with Crippen molar-refractivity contribution in [1.82, 2.24) is 15.5 Å². The summed E-state index contributed by atoms with van der Waals surface area (Å²) in [5.41, 5.74) is 5.93. The number of carbonyl (C=O) groups is 3. The van der Waals surface area contributed by atoms with Crippen LogP contribution < -0.4 is 16.4 Å². The van der Waals surface area contributed by atoms with Crippen molar-refractivity contribution < 1.29 is 14.4 Å². The molecule has 4 N–H and O–H groups in total. The first-order valence-corrected chi connectivity index (χ1v) is 12.2. The molecule has 2 aromatic carbocycles. The first kappa shape index (κ1) is 24.2.